The van der Waals surface area contributed by atoms with Crippen LogP contribution in [0.4, 0.5) is 0 Å². The minimum atomic E-state index is 0.583. The van der Waals surface area contributed by atoms with Gasteiger partial charge in [0.1, 0.15) is 5.76 Å². The van der Waals surface area contributed by atoms with E-state index < -0.39 is 0 Å². The molecule has 0 aliphatic rings. The van der Waals surface area contributed by atoms with Gasteiger partial charge in [-0.05, 0) is 37.3 Å². The van der Waals surface area contributed by atoms with Crippen LogP contribution in [0, 0.1) is 6.92 Å². The third kappa shape index (κ3) is 2.20. The number of hydrogen-bond acceptors (Lipinski definition) is 5. The first-order valence-electron chi connectivity index (χ1n) is 6.36. The number of aromatic nitrogens is 4. The van der Waals surface area contributed by atoms with Crippen LogP contribution in [-0.2, 0) is 0 Å². The zero-order valence-electron chi connectivity index (χ0n) is 11.2. The highest BCUT2D eigenvalue weighted by molar-refractivity contribution is 7.19. The Balaban J connectivity index is 1.78. The Hall–Kier alpha value is -1.89. The topological polar surface area (TPSA) is 56.2 Å². The Kier molecular flexibility index (Phi) is 3.18. The van der Waals surface area contributed by atoms with E-state index in [9.17, 15) is 0 Å². The molecule has 0 aliphatic carbocycles. The minimum Gasteiger partial charge on any atom is -0.453 e. The van der Waals surface area contributed by atoms with Crippen molar-refractivity contribution in [2.75, 3.05) is 0 Å². The molecule has 4 aromatic rings. The van der Waals surface area contributed by atoms with Gasteiger partial charge in [0.05, 0.1) is 5.02 Å². The molecular formula is C14H8Cl2N4OS. The maximum Gasteiger partial charge on any atom is 0.235 e. The van der Waals surface area contributed by atoms with Gasteiger partial charge in [0.15, 0.2) is 16.6 Å². The molecule has 3 heterocycles. The molecule has 0 N–H and O–H groups in total. The molecule has 4 rings (SSSR count). The van der Waals surface area contributed by atoms with E-state index in [0.29, 0.717) is 21.6 Å². The molecule has 0 atom stereocenters. The second-order valence-corrected chi connectivity index (χ2v) is 6.44. The molecule has 0 fully saturated rings. The normalized spacial score (nSPS) is 11.4. The molecule has 0 amide bonds. The Morgan fingerprint density at radius 2 is 1.91 bits per heavy atom. The Labute approximate surface area is 139 Å². The fourth-order valence-electron chi connectivity index (χ4n) is 2.10. The predicted octanol–water partition coefficient (Wildman–Crippen LogP) is 4.73. The van der Waals surface area contributed by atoms with Crippen molar-refractivity contribution in [2.24, 2.45) is 0 Å². The highest BCUT2D eigenvalue weighted by atomic mass is 35.5. The zero-order valence-corrected chi connectivity index (χ0v) is 13.6. The number of hydrogen-bond donors (Lipinski definition) is 0. The van der Waals surface area contributed by atoms with E-state index in [1.54, 1.807) is 22.7 Å². The number of halogens is 2. The van der Waals surface area contributed by atoms with Crippen LogP contribution in [0.5, 0.6) is 0 Å². The smallest absolute Gasteiger partial charge is 0.235 e. The SMILES string of the molecule is Cc1nnc2sc(-c3ccc(-c4cc(Cl)ccc4Cl)o3)nn12. The maximum atomic E-state index is 6.20. The van der Waals surface area contributed by atoms with Gasteiger partial charge in [0.25, 0.3) is 0 Å². The number of furan rings is 1. The summed E-state index contributed by atoms with van der Waals surface area (Å²) in [4.78, 5) is 0.728. The Morgan fingerprint density at radius 1 is 1.09 bits per heavy atom. The van der Waals surface area contributed by atoms with E-state index in [4.69, 9.17) is 27.6 Å². The van der Waals surface area contributed by atoms with Crippen molar-refractivity contribution in [2.45, 2.75) is 6.92 Å². The van der Waals surface area contributed by atoms with E-state index in [1.807, 2.05) is 19.1 Å². The summed E-state index contributed by atoms with van der Waals surface area (Å²) in [7, 11) is 0. The molecule has 0 bridgehead atoms. The maximum absolute atomic E-state index is 6.20. The first-order chi connectivity index (χ1) is 10.6. The molecule has 0 saturated heterocycles. The summed E-state index contributed by atoms with van der Waals surface area (Å²) in [5, 5.41) is 14.4. The average molecular weight is 351 g/mol. The molecule has 22 heavy (non-hydrogen) atoms. The first kappa shape index (κ1) is 13.8. The third-order valence-electron chi connectivity index (χ3n) is 3.16. The summed E-state index contributed by atoms with van der Waals surface area (Å²) in [6.45, 7) is 1.85. The summed E-state index contributed by atoms with van der Waals surface area (Å²) < 4.78 is 7.56. The molecule has 1 aromatic carbocycles. The number of fused-ring (bicyclic) bond motifs is 1. The Morgan fingerprint density at radius 3 is 2.73 bits per heavy atom. The van der Waals surface area contributed by atoms with Crippen molar-refractivity contribution >= 4 is 39.5 Å². The van der Waals surface area contributed by atoms with Gasteiger partial charge in [-0.2, -0.15) is 4.52 Å². The van der Waals surface area contributed by atoms with E-state index in [2.05, 4.69) is 15.3 Å². The van der Waals surface area contributed by atoms with E-state index >= 15 is 0 Å². The molecule has 8 heteroatoms. The summed E-state index contributed by atoms with van der Waals surface area (Å²) in [5.74, 6) is 2.04. The monoisotopic (exact) mass is 350 g/mol. The van der Waals surface area contributed by atoms with E-state index in [-0.39, 0.29) is 0 Å². The Bertz CT molecular complexity index is 988. The van der Waals surface area contributed by atoms with Gasteiger partial charge in [0, 0.05) is 10.6 Å². The van der Waals surface area contributed by atoms with Crippen molar-refractivity contribution in [3.63, 3.8) is 0 Å². The van der Waals surface area contributed by atoms with Crippen LogP contribution >= 0.6 is 34.5 Å². The van der Waals surface area contributed by atoms with Crippen molar-refractivity contribution in [1.29, 1.82) is 0 Å². The lowest BCUT2D eigenvalue weighted by atomic mass is 10.2. The van der Waals surface area contributed by atoms with Crippen molar-refractivity contribution in [1.82, 2.24) is 19.8 Å². The molecular weight excluding hydrogens is 343 g/mol. The van der Waals surface area contributed by atoms with Crippen molar-refractivity contribution in [3.8, 4) is 22.1 Å². The van der Waals surface area contributed by atoms with Crippen LogP contribution < -0.4 is 0 Å². The number of benzene rings is 1. The summed E-state index contributed by atoms with van der Waals surface area (Å²) >= 11 is 13.6. The molecule has 0 radical (unpaired) electrons. The van der Waals surface area contributed by atoms with Crippen molar-refractivity contribution in [3.05, 3.63) is 46.2 Å². The van der Waals surface area contributed by atoms with Crippen LogP contribution in [0.25, 0.3) is 27.1 Å². The van der Waals surface area contributed by atoms with E-state index in [1.165, 1.54) is 11.3 Å². The molecule has 0 spiro atoms. The first-order valence-corrected chi connectivity index (χ1v) is 7.93. The van der Waals surface area contributed by atoms with Crippen LogP contribution in [-0.4, -0.2) is 19.8 Å². The molecule has 3 aromatic heterocycles. The third-order valence-corrected chi connectivity index (χ3v) is 4.64. The summed E-state index contributed by atoms with van der Waals surface area (Å²) in [6, 6.07) is 8.96. The largest absolute Gasteiger partial charge is 0.453 e. The average Bonchev–Trinajstić information content (AvgIpc) is 3.18. The van der Waals surface area contributed by atoms with Gasteiger partial charge in [0.2, 0.25) is 4.96 Å². The minimum absolute atomic E-state index is 0.583. The number of nitrogens with zero attached hydrogens (tertiary/aromatic N) is 4. The van der Waals surface area contributed by atoms with Crippen LogP contribution in [0.2, 0.25) is 10.0 Å². The molecule has 5 nitrogen and oxygen atoms in total. The van der Waals surface area contributed by atoms with E-state index in [0.717, 1.165) is 21.4 Å². The van der Waals surface area contributed by atoms with Crippen LogP contribution in [0.3, 0.4) is 0 Å². The molecule has 0 saturated carbocycles. The lowest BCUT2D eigenvalue weighted by Crippen LogP contribution is -1.87. The second kappa shape index (κ2) is 5.08. The fraction of sp³-hybridized carbons (Fsp3) is 0.0714. The van der Waals surface area contributed by atoms with Gasteiger partial charge in [-0.15, -0.1) is 15.3 Å². The van der Waals surface area contributed by atoms with Crippen molar-refractivity contribution < 1.29 is 4.42 Å². The molecule has 0 aliphatic heterocycles. The van der Waals surface area contributed by atoms with Crippen LogP contribution in [0.15, 0.2) is 34.7 Å². The summed E-state index contributed by atoms with van der Waals surface area (Å²) in [6.07, 6.45) is 0. The van der Waals surface area contributed by atoms with Gasteiger partial charge < -0.3 is 4.42 Å². The van der Waals surface area contributed by atoms with Gasteiger partial charge in [-0.25, -0.2) is 0 Å². The summed E-state index contributed by atoms with van der Waals surface area (Å²) in [5.41, 5.74) is 0.750. The molecule has 0 unspecified atom stereocenters. The second-order valence-electron chi connectivity index (χ2n) is 4.64. The lowest BCUT2D eigenvalue weighted by Gasteiger charge is -2.01. The fourth-order valence-corrected chi connectivity index (χ4v) is 3.33. The molecule has 110 valence electrons. The van der Waals surface area contributed by atoms with Gasteiger partial charge >= 0.3 is 0 Å². The standard InChI is InChI=1S/C14H8Cl2N4OS/c1-7-17-18-14-20(7)19-13(22-14)12-5-4-11(21-12)9-6-8(15)2-3-10(9)16/h2-6H,1H3. The van der Waals surface area contributed by atoms with Gasteiger partial charge in [-0.1, -0.05) is 34.5 Å². The highest BCUT2D eigenvalue weighted by Gasteiger charge is 2.15. The number of rotatable bonds is 2. The number of aryl methyl sites for hydroxylation is 1. The zero-order chi connectivity index (χ0) is 15.3. The van der Waals surface area contributed by atoms with Gasteiger partial charge in [-0.3, -0.25) is 0 Å². The predicted molar refractivity (Wildman–Crippen MR) is 86.6 cm³/mol. The highest BCUT2D eigenvalue weighted by Crippen LogP contribution is 2.35. The van der Waals surface area contributed by atoms with Crippen LogP contribution in [0.1, 0.15) is 5.82 Å². The quantitative estimate of drug-likeness (QED) is 0.524. The lowest BCUT2D eigenvalue weighted by molar-refractivity contribution is 0.595.